The minimum atomic E-state index is -0.263. The first-order chi connectivity index (χ1) is 15.8. The van der Waals surface area contributed by atoms with E-state index in [1.165, 1.54) is 12.1 Å². The summed E-state index contributed by atoms with van der Waals surface area (Å²) in [5.74, 6) is 0.174. The van der Waals surface area contributed by atoms with Gasteiger partial charge in [-0.2, -0.15) is 5.10 Å². The Morgan fingerprint density at radius 3 is 2.36 bits per heavy atom. The molecule has 8 heteroatoms. The predicted octanol–water partition coefficient (Wildman–Crippen LogP) is 3.44. The van der Waals surface area contributed by atoms with Crippen molar-refractivity contribution in [3.05, 3.63) is 70.1 Å². The molecule has 2 aromatic heterocycles. The van der Waals surface area contributed by atoms with Gasteiger partial charge in [0.1, 0.15) is 5.82 Å². The van der Waals surface area contributed by atoms with Gasteiger partial charge in [0.25, 0.3) is 5.95 Å². The summed E-state index contributed by atoms with van der Waals surface area (Å²) in [5.41, 5.74) is 5.01. The van der Waals surface area contributed by atoms with Crippen LogP contribution in [0, 0.1) is 33.5 Å². The molecular formula is C25H30FN5O2. The maximum Gasteiger partial charge on any atom is 0.251 e. The predicted molar refractivity (Wildman–Crippen MR) is 123 cm³/mol. The van der Waals surface area contributed by atoms with Gasteiger partial charge in [-0.25, -0.2) is 19.0 Å². The van der Waals surface area contributed by atoms with Crippen LogP contribution < -0.4 is 5.32 Å². The molecule has 1 aliphatic rings. The summed E-state index contributed by atoms with van der Waals surface area (Å²) in [5, 5.41) is 7.71. The van der Waals surface area contributed by atoms with Gasteiger partial charge in [-0.15, -0.1) is 0 Å². The van der Waals surface area contributed by atoms with Crippen molar-refractivity contribution in [1.82, 2.24) is 25.1 Å². The lowest BCUT2D eigenvalue weighted by Crippen LogP contribution is -2.45. The molecular weight excluding hydrogens is 421 g/mol. The van der Waals surface area contributed by atoms with E-state index in [1.807, 2.05) is 45.9 Å². The number of benzene rings is 1. The number of halogens is 1. The highest BCUT2D eigenvalue weighted by Crippen LogP contribution is 2.34. The maximum atomic E-state index is 13.5. The second kappa shape index (κ2) is 9.39. The van der Waals surface area contributed by atoms with Crippen molar-refractivity contribution < 1.29 is 13.9 Å². The zero-order valence-electron chi connectivity index (χ0n) is 19.6. The zero-order valence-corrected chi connectivity index (χ0v) is 19.6. The third-order valence-electron chi connectivity index (χ3n) is 6.47. The van der Waals surface area contributed by atoms with Crippen molar-refractivity contribution in [3.63, 3.8) is 0 Å². The lowest BCUT2D eigenvalue weighted by atomic mass is 9.74. The standard InChI is InChI=1S/C25H30FN5O2/c1-16-13-17(2)29-24(28-16)31-19(4)22(18(3)30-31)14-23(32)27-15-25(9-11-33-12-10-25)20-5-7-21(26)8-6-20/h5-8,13H,9-12,14-15H2,1-4H3,(H,27,32). The normalized spacial score (nSPS) is 15.4. The van der Waals surface area contributed by atoms with Gasteiger partial charge in [0, 0.05) is 47.8 Å². The van der Waals surface area contributed by atoms with Crippen molar-refractivity contribution in [3.8, 4) is 5.95 Å². The van der Waals surface area contributed by atoms with Crippen molar-refractivity contribution in [2.45, 2.75) is 52.4 Å². The van der Waals surface area contributed by atoms with Gasteiger partial charge in [0.05, 0.1) is 12.1 Å². The molecule has 3 aromatic rings. The molecule has 1 amide bonds. The highest BCUT2D eigenvalue weighted by Gasteiger charge is 2.35. The fraction of sp³-hybridized carbons (Fsp3) is 0.440. The van der Waals surface area contributed by atoms with Gasteiger partial charge in [0.15, 0.2) is 0 Å². The van der Waals surface area contributed by atoms with Crippen LogP contribution in [0.25, 0.3) is 5.95 Å². The van der Waals surface area contributed by atoms with E-state index < -0.39 is 0 Å². The van der Waals surface area contributed by atoms with Crippen molar-refractivity contribution in [2.24, 2.45) is 0 Å². The van der Waals surface area contributed by atoms with E-state index in [2.05, 4.69) is 20.4 Å². The molecule has 0 bridgehead atoms. The average Bonchev–Trinajstić information content (AvgIpc) is 3.06. The number of nitrogens with one attached hydrogen (secondary N) is 1. The number of ether oxygens (including phenoxy) is 1. The number of hydrogen-bond acceptors (Lipinski definition) is 5. The Morgan fingerprint density at radius 2 is 1.73 bits per heavy atom. The average molecular weight is 452 g/mol. The van der Waals surface area contributed by atoms with E-state index >= 15 is 0 Å². The van der Waals surface area contributed by atoms with Crippen LogP contribution in [0.4, 0.5) is 4.39 Å². The highest BCUT2D eigenvalue weighted by molar-refractivity contribution is 5.79. The summed E-state index contributed by atoms with van der Waals surface area (Å²) in [7, 11) is 0. The van der Waals surface area contributed by atoms with Gasteiger partial charge in [0.2, 0.25) is 5.91 Å². The SMILES string of the molecule is Cc1cc(C)nc(-n2nc(C)c(CC(=O)NCC3(c4ccc(F)cc4)CCOCC3)c2C)n1. The minimum absolute atomic E-state index is 0.0740. The zero-order chi connectivity index (χ0) is 23.6. The molecule has 33 heavy (non-hydrogen) atoms. The molecule has 0 unspecified atom stereocenters. The van der Waals surface area contributed by atoms with Crippen LogP contribution in [0.3, 0.4) is 0 Å². The molecule has 174 valence electrons. The highest BCUT2D eigenvalue weighted by atomic mass is 19.1. The van der Waals surface area contributed by atoms with Crippen LogP contribution >= 0.6 is 0 Å². The molecule has 3 heterocycles. The summed E-state index contributed by atoms with van der Waals surface area (Å²) < 4.78 is 20.7. The monoisotopic (exact) mass is 451 g/mol. The Bertz CT molecular complexity index is 1130. The molecule has 1 saturated heterocycles. The second-order valence-electron chi connectivity index (χ2n) is 8.86. The molecule has 1 aromatic carbocycles. The molecule has 0 atom stereocenters. The first kappa shape index (κ1) is 23.0. The van der Waals surface area contributed by atoms with Gasteiger partial charge in [-0.05, 0) is 64.3 Å². The van der Waals surface area contributed by atoms with Gasteiger partial charge in [-0.1, -0.05) is 12.1 Å². The molecule has 0 radical (unpaired) electrons. The Balaban J connectivity index is 1.50. The first-order valence-electron chi connectivity index (χ1n) is 11.3. The Hall–Kier alpha value is -3.13. The Morgan fingerprint density at radius 1 is 1.09 bits per heavy atom. The van der Waals surface area contributed by atoms with Crippen molar-refractivity contribution in [2.75, 3.05) is 19.8 Å². The largest absolute Gasteiger partial charge is 0.381 e. The smallest absolute Gasteiger partial charge is 0.251 e. The van der Waals surface area contributed by atoms with Crippen LogP contribution in [0.1, 0.15) is 46.7 Å². The van der Waals surface area contributed by atoms with Crippen LogP contribution in [-0.2, 0) is 21.4 Å². The van der Waals surface area contributed by atoms with Crippen LogP contribution in [0.2, 0.25) is 0 Å². The Kier molecular flexibility index (Phi) is 6.56. The van der Waals surface area contributed by atoms with Crippen molar-refractivity contribution >= 4 is 5.91 Å². The van der Waals surface area contributed by atoms with E-state index in [1.54, 1.807) is 4.68 Å². The first-order valence-corrected chi connectivity index (χ1v) is 11.3. The second-order valence-corrected chi connectivity index (χ2v) is 8.86. The van der Waals surface area contributed by atoms with Crippen LogP contribution in [-0.4, -0.2) is 45.4 Å². The molecule has 4 rings (SSSR count). The number of aryl methyl sites for hydroxylation is 3. The number of hydrogen-bond donors (Lipinski definition) is 1. The summed E-state index contributed by atoms with van der Waals surface area (Å²) in [6.45, 7) is 9.39. The van der Waals surface area contributed by atoms with Crippen LogP contribution in [0.15, 0.2) is 30.3 Å². The lowest BCUT2D eigenvalue weighted by Gasteiger charge is -2.38. The third-order valence-corrected chi connectivity index (χ3v) is 6.47. The Labute approximate surface area is 193 Å². The van der Waals surface area contributed by atoms with E-state index in [0.29, 0.717) is 25.7 Å². The van der Waals surface area contributed by atoms with E-state index in [-0.39, 0.29) is 23.6 Å². The molecule has 0 aliphatic carbocycles. The van der Waals surface area contributed by atoms with Gasteiger partial charge < -0.3 is 10.1 Å². The number of aromatic nitrogens is 4. The number of nitrogens with zero attached hydrogens (tertiary/aromatic N) is 4. The summed E-state index contributed by atoms with van der Waals surface area (Å²) >= 11 is 0. The van der Waals surface area contributed by atoms with Crippen LogP contribution in [0.5, 0.6) is 0 Å². The maximum absolute atomic E-state index is 13.5. The topological polar surface area (TPSA) is 81.9 Å². The number of carbonyl (C=O) groups excluding carboxylic acids is 1. The summed E-state index contributed by atoms with van der Waals surface area (Å²) in [6.07, 6.45) is 1.77. The summed E-state index contributed by atoms with van der Waals surface area (Å²) in [6, 6.07) is 8.50. The fourth-order valence-electron chi connectivity index (χ4n) is 4.55. The van der Waals surface area contributed by atoms with E-state index in [4.69, 9.17) is 4.74 Å². The number of rotatable bonds is 6. The molecule has 7 nitrogen and oxygen atoms in total. The third kappa shape index (κ3) is 4.95. The molecule has 1 N–H and O–H groups in total. The lowest BCUT2D eigenvalue weighted by molar-refractivity contribution is -0.121. The van der Waals surface area contributed by atoms with E-state index in [9.17, 15) is 9.18 Å². The molecule has 1 fully saturated rings. The quantitative estimate of drug-likeness (QED) is 0.621. The van der Waals surface area contributed by atoms with Gasteiger partial charge >= 0.3 is 0 Å². The molecule has 1 aliphatic heterocycles. The molecule has 0 saturated carbocycles. The number of amides is 1. The van der Waals surface area contributed by atoms with Crippen molar-refractivity contribution in [1.29, 1.82) is 0 Å². The van der Waals surface area contributed by atoms with E-state index in [0.717, 1.165) is 46.7 Å². The minimum Gasteiger partial charge on any atom is -0.381 e. The summed E-state index contributed by atoms with van der Waals surface area (Å²) in [4.78, 5) is 22.0. The van der Waals surface area contributed by atoms with Gasteiger partial charge in [-0.3, -0.25) is 4.79 Å². The fourth-order valence-corrected chi connectivity index (χ4v) is 4.55. The molecule has 0 spiro atoms. The number of carbonyl (C=O) groups is 1.